The van der Waals surface area contributed by atoms with Crippen molar-refractivity contribution in [1.29, 1.82) is 0 Å². The molecule has 0 radical (unpaired) electrons. The molecule has 0 aliphatic carbocycles. The number of ether oxygens (including phenoxy) is 1. The third-order valence-corrected chi connectivity index (χ3v) is 9.09. The summed E-state index contributed by atoms with van der Waals surface area (Å²) in [6, 6.07) is 9.25. The lowest BCUT2D eigenvalue weighted by atomic mass is 9.93. The van der Waals surface area contributed by atoms with Crippen LogP contribution in [-0.4, -0.2) is 54.6 Å². The second-order valence-corrected chi connectivity index (χ2v) is 16.2. The summed E-state index contributed by atoms with van der Waals surface area (Å²) in [6.07, 6.45) is 1.56. The van der Waals surface area contributed by atoms with E-state index in [1.54, 1.807) is 10.9 Å². The van der Waals surface area contributed by atoms with Crippen molar-refractivity contribution < 1.29 is 17.9 Å². The number of benzene rings is 1. The highest BCUT2D eigenvalue weighted by molar-refractivity contribution is 7.89. The first-order chi connectivity index (χ1) is 13.6. The average Bonchev–Trinajstić information content (AvgIpc) is 3.04. The van der Waals surface area contributed by atoms with Crippen LogP contribution in [0.2, 0.25) is 25.7 Å². The second kappa shape index (κ2) is 8.37. The van der Waals surface area contributed by atoms with Gasteiger partial charge >= 0.3 is 5.97 Å². The lowest BCUT2D eigenvalue weighted by molar-refractivity contribution is -0.148. The lowest BCUT2D eigenvalue weighted by Gasteiger charge is -2.33. The van der Waals surface area contributed by atoms with Gasteiger partial charge in [-0.2, -0.15) is 4.31 Å². The van der Waals surface area contributed by atoms with Gasteiger partial charge in [0.25, 0.3) is 0 Å². The number of aromatic nitrogens is 3. The minimum absolute atomic E-state index is 0.0571. The number of fused-ring (bicyclic) bond motifs is 1. The van der Waals surface area contributed by atoms with Crippen LogP contribution in [0.5, 0.6) is 0 Å². The topological polar surface area (TPSA) is 94.4 Å². The predicted molar refractivity (Wildman–Crippen MR) is 112 cm³/mol. The zero-order valence-electron chi connectivity index (χ0n) is 17.3. The molecule has 1 aliphatic rings. The number of hydrogen-bond acceptors (Lipinski definition) is 6. The van der Waals surface area contributed by atoms with Crippen LogP contribution in [0.4, 0.5) is 0 Å². The molecule has 3 rings (SSSR count). The Bertz CT molecular complexity index is 956. The standard InChI is InChI=1S/C19H28N4O4SSi/c1-27-19(24)17-14-22-16(12-20-21-22)13-23(18(17)15-8-6-5-7-9-15)28(25,26)10-11-29(2,3)4/h5-9,12,17-18H,10-11,13-14H2,1-4H3/t17-,18+/m1/s1. The van der Waals surface area contributed by atoms with Crippen LogP contribution in [-0.2, 0) is 32.6 Å². The molecule has 2 aromatic rings. The molecule has 1 aromatic carbocycles. The summed E-state index contributed by atoms with van der Waals surface area (Å²) in [5, 5.41) is 7.97. The summed E-state index contributed by atoms with van der Waals surface area (Å²) in [4.78, 5) is 12.7. The maximum Gasteiger partial charge on any atom is 0.312 e. The molecule has 2 atom stereocenters. The van der Waals surface area contributed by atoms with Crippen LogP contribution in [0.1, 0.15) is 17.3 Å². The third-order valence-electron chi connectivity index (χ3n) is 5.19. The molecule has 1 aromatic heterocycles. The molecular formula is C19H28N4O4SSi. The molecule has 0 saturated carbocycles. The van der Waals surface area contributed by atoms with Gasteiger partial charge in [0.05, 0.1) is 49.8 Å². The Morgan fingerprint density at radius 3 is 2.55 bits per heavy atom. The molecule has 8 nitrogen and oxygen atoms in total. The van der Waals surface area contributed by atoms with E-state index in [2.05, 4.69) is 30.0 Å². The smallest absolute Gasteiger partial charge is 0.312 e. The fourth-order valence-corrected chi connectivity index (χ4v) is 8.19. The number of rotatable bonds is 6. The normalized spacial score (nSPS) is 20.7. The molecule has 0 spiro atoms. The van der Waals surface area contributed by atoms with Crippen LogP contribution in [0, 0.1) is 5.92 Å². The van der Waals surface area contributed by atoms with Crippen LogP contribution in [0.3, 0.4) is 0 Å². The zero-order valence-corrected chi connectivity index (χ0v) is 19.1. The van der Waals surface area contributed by atoms with E-state index in [0.29, 0.717) is 11.7 Å². The molecular weight excluding hydrogens is 408 g/mol. The number of esters is 1. The van der Waals surface area contributed by atoms with Crippen LogP contribution < -0.4 is 0 Å². The van der Waals surface area contributed by atoms with Gasteiger partial charge in [0.1, 0.15) is 0 Å². The van der Waals surface area contributed by atoms with Crippen molar-refractivity contribution >= 4 is 24.1 Å². The van der Waals surface area contributed by atoms with Gasteiger partial charge in [0.2, 0.25) is 10.0 Å². The van der Waals surface area contributed by atoms with Gasteiger partial charge in [-0.25, -0.2) is 13.1 Å². The van der Waals surface area contributed by atoms with Gasteiger partial charge in [-0.1, -0.05) is 55.2 Å². The van der Waals surface area contributed by atoms with Crippen molar-refractivity contribution in [2.24, 2.45) is 5.92 Å². The molecule has 10 heteroatoms. The minimum atomic E-state index is -3.64. The van der Waals surface area contributed by atoms with Gasteiger partial charge in [-0.3, -0.25) is 4.79 Å². The van der Waals surface area contributed by atoms with E-state index in [4.69, 9.17) is 4.74 Å². The van der Waals surface area contributed by atoms with E-state index in [9.17, 15) is 13.2 Å². The highest BCUT2D eigenvalue weighted by atomic mass is 32.2. The molecule has 0 N–H and O–H groups in total. The number of nitrogens with zero attached hydrogens (tertiary/aromatic N) is 4. The molecule has 158 valence electrons. The lowest BCUT2D eigenvalue weighted by Crippen LogP contribution is -2.42. The largest absolute Gasteiger partial charge is 0.469 e. The molecule has 2 heterocycles. The predicted octanol–water partition coefficient (Wildman–Crippen LogP) is 2.29. The molecule has 0 saturated heterocycles. The highest BCUT2D eigenvalue weighted by Gasteiger charge is 2.43. The fourth-order valence-electron chi connectivity index (χ4n) is 3.53. The zero-order chi connectivity index (χ0) is 21.2. The monoisotopic (exact) mass is 436 g/mol. The molecule has 29 heavy (non-hydrogen) atoms. The Balaban J connectivity index is 2.11. The van der Waals surface area contributed by atoms with Crippen LogP contribution >= 0.6 is 0 Å². The van der Waals surface area contributed by atoms with E-state index in [-0.39, 0.29) is 18.8 Å². The molecule has 0 bridgehead atoms. The number of carbonyl (C=O) groups excluding carboxylic acids is 1. The SMILES string of the molecule is COC(=O)[C@@H]1Cn2nncc2CN(S(=O)(=O)CC[Si](C)(C)C)[C@H]1c1ccccc1. The first-order valence-corrected chi connectivity index (χ1v) is 14.9. The van der Waals surface area contributed by atoms with Crippen LogP contribution in [0.15, 0.2) is 36.5 Å². The third kappa shape index (κ3) is 4.93. The van der Waals surface area contributed by atoms with Crippen molar-refractivity contribution in [3.63, 3.8) is 0 Å². The number of sulfonamides is 1. The second-order valence-electron chi connectivity index (χ2n) is 8.56. The maximum absolute atomic E-state index is 13.5. The van der Waals surface area contributed by atoms with E-state index < -0.39 is 36.0 Å². The van der Waals surface area contributed by atoms with E-state index in [1.165, 1.54) is 11.4 Å². The van der Waals surface area contributed by atoms with E-state index in [1.807, 2.05) is 30.3 Å². The Morgan fingerprint density at radius 2 is 1.93 bits per heavy atom. The fraction of sp³-hybridized carbons (Fsp3) is 0.526. The summed E-state index contributed by atoms with van der Waals surface area (Å²) in [5.41, 5.74) is 1.42. The Hall–Kier alpha value is -2.04. The summed E-state index contributed by atoms with van der Waals surface area (Å²) >= 11 is 0. The molecule has 0 amide bonds. The van der Waals surface area contributed by atoms with Gasteiger partial charge in [0, 0.05) is 8.07 Å². The Labute approximate surface area is 172 Å². The van der Waals surface area contributed by atoms with Crippen molar-refractivity contribution in [2.45, 2.75) is 44.8 Å². The minimum Gasteiger partial charge on any atom is -0.469 e. The summed E-state index contributed by atoms with van der Waals surface area (Å²) in [6.45, 7) is 6.78. The number of carbonyl (C=O) groups is 1. The summed E-state index contributed by atoms with van der Waals surface area (Å²) in [5.74, 6) is -1.14. The maximum atomic E-state index is 13.5. The first kappa shape index (κ1) is 21.7. The van der Waals surface area contributed by atoms with Crippen molar-refractivity contribution in [3.8, 4) is 0 Å². The van der Waals surface area contributed by atoms with Gasteiger partial charge in [-0.15, -0.1) is 5.10 Å². The van der Waals surface area contributed by atoms with Crippen molar-refractivity contribution in [2.75, 3.05) is 12.9 Å². The molecule has 1 aliphatic heterocycles. The number of methoxy groups -OCH3 is 1. The highest BCUT2D eigenvalue weighted by Crippen LogP contribution is 2.37. The molecule has 0 fully saturated rings. The van der Waals surface area contributed by atoms with Crippen LogP contribution in [0.25, 0.3) is 0 Å². The summed E-state index contributed by atoms with van der Waals surface area (Å²) in [7, 11) is -3.90. The average molecular weight is 437 g/mol. The van der Waals surface area contributed by atoms with Gasteiger partial charge < -0.3 is 4.74 Å². The van der Waals surface area contributed by atoms with E-state index in [0.717, 1.165) is 5.56 Å². The number of hydrogen-bond donors (Lipinski definition) is 0. The van der Waals surface area contributed by atoms with Crippen molar-refractivity contribution in [3.05, 3.63) is 47.8 Å². The van der Waals surface area contributed by atoms with E-state index >= 15 is 0 Å². The Morgan fingerprint density at radius 1 is 1.24 bits per heavy atom. The Kier molecular flexibility index (Phi) is 6.25. The van der Waals surface area contributed by atoms with Gasteiger partial charge in [0.15, 0.2) is 0 Å². The first-order valence-electron chi connectivity index (χ1n) is 9.62. The van der Waals surface area contributed by atoms with Crippen molar-refractivity contribution in [1.82, 2.24) is 19.3 Å². The quantitative estimate of drug-likeness (QED) is 0.509. The summed E-state index contributed by atoms with van der Waals surface area (Å²) < 4.78 is 35.1. The molecule has 0 unspecified atom stereocenters. The van der Waals surface area contributed by atoms with Gasteiger partial charge in [-0.05, 0) is 11.6 Å².